The van der Waals surface area contributed by atoms with Crippen LogP contribution in [0.2, 0.25) is 0 Å². The van der Waals surface area contributed by atoms with E-state index in [9.17, 15) is 4.39 Å². The predicted octanol–water partition coefficient (Wildman–Crippen LogP) is 4.77. The Labute approximate surface area is 168 Å². The van der Waals surface area contributed by atoms with E-state index < -0.39 is 0 Å². The Balaban J connectivity index is 1.42. The summed E-state index contributed by atoms with van der Waals surface area (Å²) in [6, 6.07) is 14.1. The van der Waals surface area contributed by atoms with E-state index in [2.05, 4.69) is 31.1 Å². The fourth-order valence-corrected chi connectivity index (χ4v) is 3.51. The number of halogens is 2. The van der Waals surface area contributed by atoms with Gasteiger partial charge >= 0.3 is 0 Å². The molecule has 6 nitrogen and oxygen atoms in total. The van der Waals surface area contributed by atoms with E-state index in [1.165, 1.54) is 12.1 Å². The Morgan fingerprint density at radius 1 is 1.14 bits per heavy atom. The lowest BCUT2D eigenvalue weighted by Gasteiger charge is -2.25. The Morgan fingerprint density at radius 3 is 2.82 bits per heavy atom. The first kappa shape index (κ1) is 17.3. The average molecular weight is 441 g/mol. The van der Waals surface area contributed by atoms with E-state index in [0.717, 1.165) is 21.3 Å². The first-order chi connectivity index (χ1) is 13.7. The number of rotatable bonds is 3. The zero-order chi connectivity index (χ0) is 19.1. The summed E-state index contributed by atoms with van der Waals surface area (Å²) in [5.74, 6) is 0.572. The smallest absolute Gasteiger partial charge is 0.278 e. The molecule has 0 unspecified atom stereocenters. The van der Waals surface area contributed by atoms with Crippen LogP contribution in [-0.4, -0.2) is 19.7 Å². The molecule has 0 amide bonds. The highest BCUT2D eigenvalue weighted by molar-refractivity contribution is 9.10. The molecule has 0 spiro atoms. The van der Waals surface area contributed by atoms with E-state index >= 15 is 0 Å². The quantitative estimate of drug-likeness (QED) is 0.458. The molecule has 0 saturated heterocycles. The van der Waals surface area contributed by atoms with E-state index in [1.807, 2.05) is 34.9 Å². The van der Waals surface area contributed by atoms with E-state index in [-0.39, 0.29) is 11.9 Å². The van der Waals surface area contributed by atoms with Crippen LogP contribution in [0.3, 0.4) is 0 Å². The van der Waals surface area contributed by atoms with Crippen LogP contribution >= 0.6 is 15.9 Å². The number of hydrogen-bond acceptors (Lipinski definition) is 5. The minimum Gasteiger partial charge on any atom is -0.365 e. The van der Waals surface area contributed by atoms with Crippen molar-refractivity contribution in [1.29, 1.82) is 0 Å². The molecule has 28 heavy (non-hydrogen) atoms. The van der Waals surface area contributed by atoms with Gasteiger partial charge in [-0.2, -0.15) is 4.98 Å². The molecule has 2 aromatic heterocycles. The van der Waals surface area contributed by atoms with Crippen molar-refractivity contribution in [3.63, 3.8) is 0 Å². The average Bonchev–Trinajstić information content (AvgIpc) is 3.35. The molecule has 0 aliphatic carbocycles. The van der Waals surface area contributed by atoms with E-state index in [0.29, 0.717) is 30.6 Å². The maximum absolute atomic E-state index is 13.5. The van der Waals surface area contributed by atoms with Crippen LogP contribution in [0.25, 0.3) is 23.0 Å². The summed E-state index contributed by atoms with van der Waals surface area (Å²) in [4.78, 5) is 8.92. The van der Waals surface area contributed by atoms with Gasteiger partial charge in [0.2, 0.25) is 5.82 Å². The summed E-state index contributed by atoms with van der Waals surface area (Å²) in [6.45, 7) is 0.867. The third kappa shape index (κ3) is 3.14. The summed E-state index contributed by atoms with van der Waals surface area (Å²) in [5, 5.41) is 4.06. The highest BCUT2D eigenvalue weighted by atomic mass is 79.9. The third-order valence-corrected chi connectivity index (χ3v) is 5.21. The van der Waals surface area contributed by atoms with Gasteiger partial charge in [-0.05, 0) is 42.0 Å². The van der Waals surface area contributed by atoms with Crippen LogP contribution in [0, 0.1) is 5.82 Å². The first-order valence-corrected chi connectivity index (χ1v) is 9.48. The molecule has 0 saturated carbocycles. The first-order valence-electron chi connectivity index (χ1n) is 8.68. The van der Waals surface area contributed by atoms with Gasteiger partial charge in [0.15, 0.2) is 5.69 Å². The van der Waals surface area contributed by atoms with Gasteiger partial charge in [0, 0.05) is 10.0 Å². The van der Waals surface area contributed by atoms with Crippen molar-refractivity contribution in [2.45, 2.75) is 19.3 Å². The molecule has 1 aliphatic rings. The number of imidazole rings is 1. The zero-order valence-corrected chi connectivity index (χ0v) is 16.1. The Kier molecular flexibility index (Phi) is 4.29. The molecule has 8 heteroatoms. The fraction of sp³-hybridized carbons (Fsp3) is 0.150. The van der Waals surface area contributed by atoms with Crippen LogP contribution < -0.4 is 0 Å². The van der Waals surface area contributed by atoms with Crippen LogP contribution in [0.15, 0.2) is 63.9 Å². The molecular formula is C20H14BrFN4O2. The summed E-state index contributed by atoms with van der Waals surface area (Å²) in [5.41, 5.74) is 3.12. The van der Waals surface area contributed by atoms with Crippen molar-refractivity contribution in [3.05, 3.63) is 76.4 Å². The van der Waals surface area contributed by atoms with Gasteiger partial charge < -0.3 is 13.8 Å². The zero-order valence-electron chi connectivity index (χ0n) is 14.5. The van der Waals surface area contributed by atoms with Gasteiger partial charge in [-0.3, -0.25) is 0 Å². The lowest BCUT2D eigenvalue weighted by molar-refractivity contribution is 0.00314. The number of nitrogens with zero attached hydrogens (tertiary/aromatic N) is 4. The maximum Gasteiger partial charge on any atom is 0.278 e. The van der Waals surface area contributed by atoms with Crippen LogP contribution in [0.1, 0.15) is 17.4 Å². The van der Waals surface area contributed by atoms with Crippen molar-refractivity contribution in [3.8, 4) is 23.0 Å². The van der Waals surface area contributed by atoms with Crippen molar-refractivity contribution in [2.24, 2.45) is 0 Å². The molecule has 3 heterocycles. The molecule has 1 atom stereocenters. The van der Waals surface area contributed by atoms with Crippen LogP contribution in [0.4, 0.5) is 4.39 Å². The maximum atomic E-state index is 13.5. The highest BCUT2D eigenvalue weighted by Gasteiger charge is 2.26. The molecule has 5 rings (SSSR count). The van der Waals surface area contributed by atoms with Crippen LogP contribution in [-0.2, 0) is 17.9 Å². The van der Waals surface area contributed by atoms with E-state index in [1.54, 1.807) is 12.4 Å². The number of hydrogen-bond donors (Lipinski definition) is 0. The Morgan fingerprint density at radius 2 is 2.00 bits per heavy atom. The fourth-order valence-electron chi connectivity index (χ4n) is 3.25. The second-order valence-electron chi connectivity index (χ2n) is 6.48. The van der Waals surface area contributed by atoms with Crippen LogP contribution in [0.5, 0.6) is 0 Å². The predicted molar refractivity (Wildman–Crippen MR) is 103 cm³/mol. The SMILES string of the molecule is Fc1cccc([C@@H]2Cn3cnc(-c4nc(-c5ccc(Br)cc5)no4)c3CO2)c1. The van der Waals surface area contributed by atoms with Gasteiger partial charge in [-0.15, -0.1) is 0 Å². The van der Waals surface area contributed by atoms with Crippen molar-refractivity contribution >= 4 is 15.9 Å². The largest absolute Gasteiger partial charge is 0.365 e. The molecule has 0 bridgehead atoms. The molecule has 140 valence electrons. The lowest BCUT2D eigenvalue weighted by atomic mass is 10.1. The number of fused-ring (bicyclic) bond motifs is 1. The van der Waals surface area contributed by atoms with Gasteiger partial charge in [-0.25, -0.2) is 9.37 Å². The number of aromatic nitrogens is 4. The summed E-state index contributed by atoms with van der Waals surface area (Å²) in [6.07, 6.45) is 1.49. The van der Waals surface area contributed by atoms with Gasteiger partial charge in [-0.1, -0.05) is 33.2 Å². The number of ether oxygens (including phenoxy) is 1. The van der Waals surface area contributed by atoms with Crippen molar-refractivity contribution in [1.82, 2.24) is 19.7 Å². The lowest BCUT2D eigenvalue weighted by Crippen LogP contribution is -2.20. The molecule has 0 N–H and O–H groups in total. The molecule has 1 aliphatic heterocycles. The summed E-state index contributed by atoms with van der Waals surface area (Å²) >= 11 is 3.41. The molecule has 0 fully saturated rings. The molecule has 0 radical (unpaired) electrons. The summed E-state index contributed by atoms with van der Waals surface area (Å²) in [7, 11) is 0. The second-order valence-corrected chi connectivity index (χ2v) is 7.39. The Bertz CT molecular complexity index is 1140. The van der Waals surface area contributed by atoms with Gasteiger partial charge in [0.1, 0.15) is 11.9 Å². The minimum atomic E-state index is -0.274. The second kappa shape index (κ2) is 6.96. The Hall–Kier alpha value is -2.84. The minimum absolute atomic E-state index is 0.230. The summed E-state index contributed by atoms with van der Waals surface area (Å²) < 4.78 is 27.8. The monoisotopic (exact) mass is 440 g/mol. The van der Waals surface area contributed by atoms with E-state index in [4.69, 9.17) is 9.26 Å². The molecule has 2 aromatic carbocycles. The van der Waals surface area contributed by atoms with Gasteiger partial charge in [0.25, 0.3) is 5.89 Å². The van der Waals surface area contributed by atoms with Crippen molar-refractivity contribution < 1.29 is 13.7 Å². The van der Waals surface area contributed by atoms with Gasteiger partial charge in [0.05, 0.1) is 25.2 Å². The topological polar surface area (TPSA) is 66.0 Å². The van der Waals surface area contributed by atoms with Crippen molar-refractivity contribution in [2.75, 3.05) is 0 Å². The third-order valence-electron chi connectivity index (χ3n) is 4.68. The normalized spacial score (nSPS) is 16.1. The number of benzene rings is 2. The highest BCUT2D eigenvalue weighted by Crippen LogP contribution is 2.32. The molecular weight excluding hydrogens is 427 g/mol. The standard InChI is InChI=1S/C20H14BrFN4O2/c21-14-6-4-12(5-7-14)19-24-20(28-25-19)18-16-10-27-17(9-26(16)11-23-18)13-2-1-3-15(22)8-13/h1-8,11,17H,9-10H2/t17-/m0/s1. The molecule has 4 aromatic rings.